The Balaban J connectivity index is 2.05. The predicted molar refractivity (Wildman–Crippen MR) is 59.8 cm³/mol. The van der Waals surface area contributed by atoms with Gasteiger partial charge in [0.05, 0.1) is 29.0 Å². The molecule has 1 fully saturated rings. The van der Waals surface area contributed by atoms with E-state index in [1.165, 1.54) is 0 Å². The molecule has 0 saturated carbocycles. The Morgan fingerprint density at radius 3 is 3.14 bits per heavy atom. The summed E-state index contributed by atoms with van der Waals surface area (Å²) in [6, 6.07) is 2.32. The lowest BCUT2D eigenvalue weighted by Gasteiger charge is -2.11. The van der Waals surface area contributed by atoms with Gasteiger partial charge >= 0.3 is 0 Å². The molecule has 1 saturated heterocycles. The molecular weight excluding hydrogens is 267 g/mol. The molecule has 0 bridgehead atoms. The van der Waals surface area contributed by atoms with Crippen LogP contribution in [0.3, 0.4) is 0 Å². The van der Waals surface area contributed by atoms with Crippen molar-refractivity contribution in [2.24, 2.45) is 0 Å². The molecule has 1 unspecified atom stereocenters. The predicted octanol–water partition coefficient (Wildman–Crippen LogP) is 2.70. The van der Waals surface area contributed by atoms with Crippen LogP contribution in [0.15, 0.2) is 16.7 Å². The summed E-state index contributed by atoms with van der Waals surface area (Å²) >= 11 is 9.12. The first-order chi connectivity index (χ1) is 6.75. The Hall–Kier alpha value is -0.320. The van der Waals surface area contributed by atoms with Crippen LogP contribution < -0.4 is 5.32 Å². The molecule has 1 aliphatic rings. The Kier molecular flexibility index (Phi) is 3.26. The van der Waals surface area contributed by atoms with Crippen molar-refractivity contribution in [2.45, 2.75) is 12.5 Å². The molecule has 0 radical (unpaired) electrons. The van der Waals surface area contributed by atoms with Crippen molar-refractivity contribution in [2.75, 3.05) is 18.5 Å². The molecule has 2 rings (SSSR count). The average molecular weight is 278 g/mol. The molecule has 0 spiro atoms. The zero-order valence-electron chi connectivity index (χ0n) is 7.46. The monoisotopic (exact) mass is 276 g/mol. The van der Waals surface area contributed by atoms with E-state index in [4.69, 9.17) is 16.3 Å². The normalized spacial score (nSPS) is 21.1. The second kappa shape index (κ2) is 4.47. The lowest BCUT2D eigenvalue weighted by atomic mass is 10.2. The van der Waals surface area contributed by atoms with Crippen LogP contribution in [0.5, 0.6) is 0 Å². The second-order valence-corrected chi connectivity index (χ2v) is 4.41. The van der Waals surface area contributed by atoms with E-state index in [2.05, 4.69) is 26.2 Å². The van der Waals surface area contributed by atoms with Crippen molar-refractivity contribution in [3.63, 3.8) is 0 Å². The largest absolute Gasteiger partial charge is 0.379 e. The molecule has 1 aromatic rings. The highest BCUT2D eigenvalue weighted by molar-refractivity contribution is 9.10. The van der Waals surface area contributed by atoms with Crippen LogP contribution in [0.1, 0.15) is 6.42 Å². The SMILES string of the molecule is Clc1ncc(NC2CCOC2)cc1Br. The van der Waals surface area contributed by atoms with E-state index in [9.17, 15) is 0 Å². The van der Waals surface area contributed by atoms with Crippen LogP contribution in [-0.2, 0) is 4.74 Å². The van der Waals surface area contributed by atoms with Crippen LogP contribution in [0.2, 0.25) is 5.15 Å². The number of nitrogens with one attached hydrogen (secondary N) is 1. The molecule has 5 heteroatoms. The summed E-state index contributed by atoms with van der Waals surface area (Å²) in [7, 11) is 0. The van der Waals surface area contributed by atoms with Crippen molar-refractivity contribution < 1.29 is 4.74 Å². The number of rotatable bonds is 2. The van der Waals surface area contributed by atoms with Gasteiger partial charge in [0, 0.05) is 6.61 Å². The Morgan fingerprint density at radius 1 is 1.64 bits per heavy atom. The standard InChI is InChI=1S/C9H10BrClN2O/c10-8-3-7(4-12-9(8)11)13-6-1-2-14-5-6/h3-4,6,13H,1-2,5H2. The molecular formula is C9H10BrClN2O. The first-order valence-electron chi connectivity index (χ1n) is 4.41. The van der Waals surface area contributed by atoms with Crippen molar-refractivity contribution >= 4 is 33.2 Å². The van der Waals surface area contributed by atoms with E-state index >= 15 is 0 Å². The molecule has 0 aromatic carbocycles. The van der Waals surface area contributed by atoms with Gasteiger partial charge in [0.15, 0.2) is 0 Å². The maximum Gasteiger partial charge on any atom is 0.143 e. The summed E-state index contributed by atoms with van der Waals surface area (Å²) in [5.74, 6) is 0. The molecule has 1 aromatic heterocycles. The maximum atomic E-state index is 5.79. The second-order valence-electron chi connectivity index (χ2n) is 3.20. The van der Waals surface area contributed by atoms with Gasteiger partial charge in [-0.1, -0.05) is 11.6 Å². The van der Waals surface area contributed by atoms with Gasteiger partial charge < -0.3 is 10.1 Å². The molecule has 0 amide bonds. The summed E-state index contributed by atoms with van der Waals surface area (Å²) in [6.45, 7) is 1.60. The highest BCUT2D eigenvalue weighted by Gasteiger charge is 2.15. The van der Waals surface area contributed by atoms with Crippen molar-refractivity contribution in [3.8, 4) is 0 Å². The topological polar surface area (TPSA) is 34.2 Å². The Morgan fingerprint density at radius 2 is 2.50 bits per heavy atom. The average Bonchev–Trinajstić information content (AvgIpc) is 2.64. The third-order valence-electron chi connectivity index (χ3n) is 2.10. The third kappa shape index (κ3) is 2.38. The molecule has 3 nitrogen and oxygen atoms in total. The van der Waals surface area contributed by atoms with E-state index in [1.54, 1.807) is 6.20 Å². The van der Waals surface area contributed by atoms with Gasteiger partial charge in [0.25, 0.3) is 0 Å². The molecule has 0 aliphatic carbocycles. The summed E-state index contributed by atoms with van der Waals surface area (Å²) in [5, 5.41) is 3.82. The van der Waals surface area contributed by atoms with Gasteiger partial charge in [0.2, 0.25) is 0 Å². The fourth-order valence-corrected chi connectivity index (χ4v) is 1.84. The Labute approximate surface area is 95.9 Å². The molecule has 1 N–H and O–H groups in total. The third-order valence-corrected chi connectivity index (χ3v) is 3.23. The number of hydrogen-bond donors (Lipinski definition) is 1. The van der Waals surface area contributed by atoms with E-state index in [1.807, 2.05) is 6.07 Å². The molecule has 1 aliphatic heterocycles. The van der Waals surface area contributed by atoms with E-state index in [0.29, 0.717) is 11.2 Å². The van der Waals surface area contributed by atoms with Gasteiger partial charge in [-0.25, -0.2) is 4.98 Å². The lowest BCUT2D eigenvalue weighted by Crippen LogP contribution is -2.18. The number of aromatic nitrogens is 1. The number of halogens is 2. The number of pyridine rings is 1. The lowest BCUT2D eigenvalue weighted by molar-refractivity contribution is 0.195. The first kappa shape index (κ1) is 10.2. The maximum absolute atomic E-state index is 5.79. The summed E-state index contributed by atoms with van der Waals surface area (Å²) < 4.78 is 6.07. The highest BCUT2D eigenvalue weighted by atomic mass is 79.9. The van der Waals surface area contributed by atoms with Crippen molar-refractivity contribution in [1.29, 1.82) is 0 Å². The summed E-state index contributed by atoms with van der Waals surface area (Å²) in [4.78, 5) is 4.04. The number of hydrogen-bond acceptors (Lipinski definition) is 3. The highest BCUT2D eigenvalue weighted by Crippen LogP contribution is 2.23. The van der Waals surface area contributed by atoms with Gasteiger partial charge in [-0.3, -0.25) is 0 Å². The number of anilines is 1. The van der Waals surface area contributed by atoms with Crippen LogP contribution in [-0.4, -0.2) is 24.2 Å². The van der Waals surface area contributed by atoms with E-state index in [-0.39, 0.29) is 0 Å². The quantitative estimate of drug-likeness (QED) is 0.844. The van der Waals surface area contributed by atoms with Crippen LogP contribution >= 0.6 is 27.5 Å². The van der Waals surface area contributed by atoms with Gasteiger partial charge in [-0.05, 0) is 28.4 Å². The minimum Gasteiger partial charge on any atom is -0.379 e. The van der Waals surface area contributed by atoms with E-state index in [0.717, 1.165) is 29.8 Å². The van der Waals surface area contributed by atoms with Crippen molar-refractivity contribution in [1.82, 2.24) is 4.98 Å². The molecule has 14 heavy (non-hydrogen) atoms. The molecule has 1 atom stereocenters. The van der Waals surface area contributed by atoms with Gasteiger partial charge in [0.1, 0.15) is 5.15 Å². The van der Waals surface area contributed by atoms with Gasteiger partial charge in [-0.15, -0.1) is 0 Å². The smallest absolute Gasteiger partial charge is 0.143 e. The number of nitrogens with zero attached hydrogens (tertiary/aromatic N) is 1. The summed E-state index contributed by atoms with van der Waals surface area (Å²) in [6.07, 6.45) is 2.77. The fourth-order valence-electron chi connectivity index (χ4n) is 1.38. The Bertz CT molecular complexity index is 329. The minimum atomic E-state index is 0.393. The van der Waals surface area contributed by atoms with Crippen molar-refractivity contribution in [3.05, 3.63) is 21.9 Å². The van der Waals surface area contributed by atoms with Crippen LogP contribution in [0.4, 0.5) is 5.69 Å². The van der Waals surface area contributed by atoms with Crippen LogP contribution in [0, 0.1) is 0 Å². The summed E-state index contributed by atoms with van der Waals surface area (Å²) in [5.41, 5.74) is 0.969. The van der Waals surface area contributed by atoms with Crippen LogP contribution in [0.25, 0.3) is 0 Å². The first-order valence-corrected chi connectivity index (χ1v) is 5.58. The molecule has 2 heterocycles. The fraction of sp³-hybridized carbons (Fsp3) is 0.444. The molecule has 76 valence electrons. The zero-order valence-corrected chi connectivity index (χ0v) is 9.81. The van der Waals surface area contributed by atoms with E-state index < -0.39 is 0 Å². The number of ether oxygens (including phenoxy) is 1. The zero-order chi connectivity index (χ0) is 9.97. The van der Waals surface area contributed by atoms with Gasteiger partial charge in [-0.2, -0.15) is 0 Å². The minimum absolute atomic E-state index is 0.393.